The van der Waals surface area contributed by atoms with Crippen molar-refractivity contribution in [1.82, 2.24) is 4.57 Å². The molecule has 0 unspecified atom stereocenters. The van der Waals surface area contributed by atoms with E-state index < -0.39 is 11.7 Å². The molecule has 34 heavy (non-hydrogen) atoms. The second-order valence-electron chi connectivity index (χ2n) is 7.80. The lowest BCUT2D eigenvalue weighted by Crippen LogP contribution is -2.14. The summed E-state index contributed by atoms with van der Waals surface area (Å²) in [5.41, 5.74) is 3.53. The van der Waals surface area contributed by atoms with Gasteiger partial charge >= 0.3 is 5.97 Å². The maximum Gasteiger partial charge on any atom is 0.338 e. The van der Waals surface area contributed by atoms with Crippen LogP contribution in [0.2, 0.25) is 0 Å². The van der Waals surface area contributed by atoms with Crippen molar-refractivity contribution < 1.29 is 18.7 Å². The highest BCUT2D eigenvalue weighted by Gasteiger charge is 2.16. The van der Waals surface area contributed by atoms with Crippen LogP contribution in [0.5, 0.6) is 0 Å². The van der Waals surface area contributed by atoms with Crippen LogP contribution in [0.3, 0.4) is 0 Å². The third-order valence-corrected chi connectivity index (χ3v) is 5.35. The van der Waals surface area contributed by atoms with Crippen LogP contribution >= 0.6 is 0 Å². The Kier molecular flexibility index (Phi) is 7.99. The number of rotatable bonds is 8. The molecule has 0 fully saturated rings. The number of unbranched alkanes of at least 4 members (excludes halogenated alkanes) is 1. The fourth-order valence-electron chi connectivity index (χ4n) is 3.53. The molecular formula is C27H26FN3O3. The van der Waals surface area contributed by atoms with Crippen LogP contribution in [0.4, 0.5) is 10.1 Å². The van der Waals surface area contributed by atoms with E-state index in [1.54, 1.807) is 18.2 Å². The topological polar surface area (TPSA) is 84.1 Å². The van der Waals surface area contributed by atoms with E-state index in [1.165, 1.54) is 24.3 Å². The zero-order valence-corrected chi connectivity index (χ0v) is 19.4. The minimum Gasteiger partial charge on any atom is -0.462 e. The fraction of sp³-hybridized carbons (Fsp3) is 0.222. The van der Waals surface area contributed by atoms with Gasteiger partial charge in [0.1, 0.15) is 17.5 Å². The summed E-state index contributed by atoms with van der Waals surface area (Å²) in [5, 5.41) is 12.0. The van der Waals surface area contributed by atoms with E-state index in [0.29, 0.717) is 17.7 Å². The van der Waals surface area contributed by atoms with Gasteiger partial charge in [0.05, 0.1) is 17.9 Å². The molecule has 0 atom stereocenters. The molecule has 1 amide bonds. The summed E-state index contributed by atoms with van der Waals surface area (Å²) in [6.45, 7) is 6.20. The molecule has 3 aromatic rings. The van der Waals surface area contributed by atoms with Crippen LogP contribution in [0, 0.1) is 31.0 Å². The summed E-state index contributed by atoms with van der Waals surface area (Å²) < 4.78 is 21.1. The molecule has 1 aromatic heterocycles. The number of anilines is 1. The van der Waals surface area contributed by atoms with E-state index in [9.17, 15) is 19.2 Å². The number of halogens is 1. The highest BCUT2D eigenvalue weighted by Crippen LogP contribution is 2.24. The van der Waals surface area contributed by atoms with Crippen molar-refractivity contribution in [3.63, 3.8) is 0 Å². The number of carbonyl (C=O) groups excluding carboxylic acids is 2. The number of nitriles is 1. The summed E-state index contributed by atoms with van der Waals surface area (Å²) in [5.74, 6) is -1.63. The molecule has 7 heteroatoms. The van der Waals surface area contributed by atoms with Gasteiger partial charge in [-0.05, 0) is 74.4 Å². The Morgan fingerprint density at radius 2 is 1.85 bits per heavy atom. The van der Waals surface area contributed by atoms with Gasteiger partial charge in [-0.2, -0.15) is 5.26 Å². The molecule has 1 N–H and O–H groups in total. The maximum atomic E-state index is 13.9. The van der Waals surface area contributed by atoms with Crippen LogP contribution < -0.4 is 5.32 Å². The molecule has 0 aliphatic carbocycles. The molecule has 0 saturated heterocycles. The zero-order chi connectivity index (χ0) is 24.7. The standard InChI is InChI=1S/C27H26FN3O3/c1-4-5-14-34-27(33)20-10-12-23(13-11-20)31-18(2)15-21(19(31)3)16-22(17-29)26(32)30-25-9-7-6-8-24(25)28/h6-13,15-16H,4-5,14H2,1-3H3,(H,30,32)/b22-16+. The number of hydrogen-bond donors (Lipinski definition) is 1. The van der Waals surface area contributed by atoms with Crippen molar-refractivity contribution in [2.45, 2.75) is 33.6 Å². The Labute approximate surface area is 198 Å². The summed E-state index contributed by atoms with van der Waals surface area (Å²) in [6, 6.07) is 16.6. The highest BCUT2D eigenvalue weighted by atomic mass is 19.1. The van der Waals surface area contributed by atoms with Crippen LogP contribution in [-0.2, 0) is 9.53 Å². The van der Waals surface area contributed by atoms with Crippen LogP contribution in [0.15, 0.2) is 60.2 Å². The Balaban J connectivity index is 1.83. The molecule has 6 nitrogen and oxygen atoms in total. The SMILES string of the molecule is CCCCOC(=O)c1ccc(-n2c(C)cc(/C=C(\C#N)C(=O)Nc3ccccc3F)c2C)cc1. The molecule has 174 valence electrons. The number of amides is 1. The van der Waals surface area contributed by atoms with Gasteiger partial charge in [-0.25, -0.2) is 9.18 Å². The molecular weight excluding hydrogens is 433 g/mol. The van der Waals surface area contributed by atoms with Gasteiger partial charge in [0.15, 0.2) is 0 Å². The smallest absolute Gasteiger partial charge is 0.338 e. The van der Waals surface area contributed by atoms with Crippen LogP contribution in [0.1, 0.15) is 47.1 Å². The van der Waals surface area contributed by atoms with Crippen molar-refractivity contribution in [1.29, 1.82) is 5.26 Å². The lowest BCUT2D eigenvalue weighted by Gasteiger charge is -2.11. The summed E-state index contributed by atoms with van der Waals surface area (Å²) in [6.07, 6.45) is 3.26. The van der Waals surface area contributed by atoms with Gasteiger partial charge in [0, 0.05) is 17.1 Å². The van der Waals surface area contributed by atoms with Gasteiger partial charge in [-0.15, -0.1) is 0 Å². The Hall–Kier alpha value is -4.18. The zero-order valence-electron chi connectivity index (χ0n) is 19.4. The molecule has 0 bridgehead atoms. The normalized spacial score (nSPS) is 11.1. The number of esters is 1. The largest absolute Gasteiger partial charge is 0.462 e. The monoisotopic (exact) mass is 459 g/mol. The molecule has 0 radical (unpaired) electrons. The third kappa shape index (κ3) is 5.59. The first-order valence-electron chi connectivity index (χ1n) is 11.0. The van der Waals surface area contributed by atoms with Gasteiger partial charge in [0.2, 0.25) is 0 Å². The second-order valence-corrected chi connectivity index (χ2v) is 7.80. The predicted molar refractivity (Wildman–Crippen MR) is 129 cm³/mol. The highest BCUT2D eigenvalue weighted by molar-refractivity contribution is 6.09. The number of carbonyl (C=O) groups is 2. The van der Waals surface area contributed by atoms with Gasteiger partial charge in [0.25, 0.3) is 5.91 Å². The molecule has 0 aliphatic heterocycles. The Morgan fingerprint density at radius 1 is 1.15 bits per heavy atom. The first-order valence-corrected chi connectivity index (χ1v) is 11.0. The number of aryl methyl sites for hydroxylation is 1. The van der Waals surface area contributed by atoms with E-state index in [-0.39, 0.29) is 17.2 Å². The van der Waals surface area contributed by atoms with Crippen molar-refractivity contribution >= 4 is 23.6 Å². The number of para-hydroxylation sites is 1. The molecule has 0 spiro atoms. The summed E-state index contributed by atoms with van der Waals surface area (Å²) >= 11 is 0. The lowest BCUT2D eigenvalue weighted by atomic mass is 10.1. The minimum atomic E-state index is -0.691. The summed E-state index contributed by atoms with van der Waals surface area (Å²) in [4.78, 5) is 24.7. The first-order chi connectivity index (χ1) is 16.3. The van der Waals surface area contributed by atoms with Crippen LogP contribution in [0.25, 0.3) is 11.8 Å². The molecule has 2 aromatic carbocycles. The van der Waals surface area contributed by atoms with E-state index in [2.05, 4.69) is 5.32 Å². The van der Waals surface area contributed by atoms with E-state index >= 15 is 0 Å². The number of nitrogens with zero attached hydrogens (tertiary/aromatic N) is 2. The Morgan fingerprint density at radius 3 is 2.50 bits per heavy atom. The van der Waals surface area contributed by atoms with Crippen molar-refractivity contribution in [2.24, 2.45) is 0 Å². The van der Waals surface area contributed by atoms with E-state index in [4.69, 9.17) is 4.74 Å². The fourth-order valence-corrected chi connectivity index (χ4v) is 3.53. The van der Waals surface area contributed by atoms with Crippen molar-refractivity contribution in [3.05, 3.63) is 88.5 Å². The van der Waals surface area contributed by atoms with Gasteiger partial charge < -0.3 is 14.6 Å². The molecule has 3 rings (SSSR count). The molecule has 0 saturated carbocycles. The quantitative estimate of drug-likeness (QED) is 0.202. The number of hydrogen-bond acceptors (Lipinski definition) is 4. The minimum absolute atomic E-state index is 0.00688. The van der Waals surface area contributed by atoms with Crippen molar-refractivity contribution in [2.75, 3.05) is 11.9 Å². The Bertz CT molecular complexity index is 1270. The van der Waals surface area contributed by atoms with E-state index in [0.717, 1.165) is 29.9 Å². The van der Waals surface area contributed by atoms with Crippen molar-refractivity contribution in [3.8, 4) is 11.8 Å². The predicted octanol–water partition coefficient (Wildman–Crippen LogP) is 5.74. The second kappa shape index (κ2) is 11.1. The maximum absolute atomic E-state index is 13.9. The summed E-state index contributed by atoms with van der Waals surface area (Å²) in [7, 11) is 0. The number of ether oxygens (including phenoxy) is 1. The first kappa shape index (κ1) is 24.5. The number of aromatic nitrogens is 1. The lowest BCUT2D eigenvalue weighted by molar-refractivity contribution is -0.112. The third-order valence-electron chi connectivity index (χ3n) is 5.35. The van der Waals surface area contributed by atoms with Gasteiger partial charge in [-0.3, -0.25) is 4.79 Å². The number of nitrogens with one attached hydrogen (secondary N) is 1. The van der Waals surface area contributed by atoms with Gasteiger partial charge in [-0.1, -0.05) is 25.5 Å². The average molecular weight is 460 g/mol. The molecule has 0 aliphatic rings. The van der Waals surface area contributed by atoms with E-state index in [1.807, 2.05) is 49.6 Å². The van der Waals surface area contributed by atoms with Crippen LogP contribution in [-0.4, -0.2) is 23.1 Å². The average Bonchev–Trinajstić information content (AvgIpc) is 3.11. The number of benzene rings is 2. The molecule has 1 heterocycles.